The molecule has 156 valence electrons. The van der Waals surface area contributed by atoms with Crippen LogP contribution < -0.4 is 0 Å². The third-order valence-corrected chi connectivity index (χ3v) is 7.65. The number of hydrogen-bond donors (Lipinski definition) is 0. The van der Waals surface area contributed by atoms with E-state index in [0.717, 1.165) is 16.6 Å². The number of carbonyl (C=O) groups excluding carboxylic acids is 1. The van der Waals surface area contributed by atoms with Gasteiger partial charge < -0.3 is 4.90 Å². The second kappa shape index (κ2) is 8.58. The summed E-state index contributed by atoms with van der Waals surface area (Å²) in [6, 6.07) is 8.70. The number of halogens is 1. The smallest absolute Gasteiger partial charge is 0.243 e. The zero-order valence-electron chi connectivity index (χ0n) is 15.9. The summed E-state index contributed by atoms with van der Waals surface area (Å²) >= 11 is 1.45. The number of piperazine rings is 1. The molecule has 3 aromatic rings. The van der Waals surface area contributed by atoms with Crippen LogP contribution in [-0.2, 0) is 21.2 Å². The molecule has 0 saturated carbocycles. The van der Waals surface area contributed by atoms with E-state index < -0.39 is 15.8 Å². The second-order valence-electron chi connectivity index (χ2n) is 6.80. The molecule has 1 aromatic carbocycles. The lowest BCUT2D eigenvalue weighted by atomic mass is 10.2. The molecule has 0 radical (unpaired) electrons. The van der Waals surface area contributed by atoms with Crippen LogP contribution in [0.25, 0.3) is 10.6 Å². The third kappa shape index (κ3) is 4.40. The molecular weight excluding hydrogens is 427 g/mol. The standard InChI is InChI=1S/C20H19FN4O3S2/c21-16-4-1-5-18(11-16)30(27,28)25-9-7-24(8-10-25)19(26)12-17-14-29-20(23-17)15-3-2-6-22-13-15/h1-6,11,13-14H,7-10,12H2. The zero-order valence-corrected chi connectivity index (χ0v) is 17.6. The Balaban J connectivity index is 1.36. The number of thiazole rings is 1. The Kier molecular flexibility index (Phi) is 5.89. The Hall–Kier alpha value is -2.69. The van der Waals surface area contributed by atoms with Crippen LogP contribution >= 0.6 is 11.3 Å². The van der Waals surface area contributed by atoms with Gasteiger partial charge in [0, 0.05) is 49.5 Å². The van der Waals surface area contributed by atoms with E-state index in [4.69, 9.17) is 0 Å². The SMILES string of the molecule is O=C(Cc1csc(-c2cccnc2)n1)N1CCN(S(=O)(=O)c2cccc(F)c2)CC1. The van der Waals surface area contributed by atoms with Gasteiger partial charge in [0.25, 0.3) is 0 Å². The molecule has 10 heteroatoms. The van der Waals surface area contributed by atoms with Crippen molar-refractivity contribution >= 4 is 27.3 Å². The van der Waals surface area contributed by atoms with Gasteiger partial charge in [0.2, 0.25) is 15.9 Å². The van der Waals surface area contributed by atoms with Crippen molar-refractivity contribution in [3.8, 4) is 10.6 Å². The predicted octanol–water partition coefficient (Wildman–Crippen LogP) is 2.42. The maximum atomic E-state index is 13.4. The molecule has 0 bridgehead atoms. The first-order chi connectivity index (χ1) is 14.4. The van der Waals surface area contributed by atoms with Crippen molar-refractivity contribution in [2.75, 3.05) is 26.2 Å². The van der Waals surface area contributed by atoms with Crippen molar-refractivity contribution in [3.63, 3.8) is 0 Å². The minimum atomic E-state index is -3.78. The van der Waals surface area contributed by atoms with Gasteiger partial charge in [0.15, 0.2) is 0 Å². The Morgan fingerprint density at radius 2 is 1.93 bits per heavy atom. The minimum absolute atomic E-state index is 0.0762. The fourth-order valence-electron chi connectivity index (χ4n) is 3.23. The number of hydrogen-bond acceptors (Lipinski definition) is 6. The van der Waals surface area contributed by atoms with Crippen LogP contribution in [0.15, 0.2) is 59.1 Å². The highest BCUT2D eigenvalue weighted by Crippen LogP contribution is 2.23. The van der Waals surface area contributed by atoms with E-state index in [1.54, 1.807) is 17.3 Å². The van der Waals surface area contributed by atoms with Gasteiger partial charge in [-0.3, -0.25) is 9.78 Å². The summed E-state index contributed by atoms with van der Waals surface area (Å²) in [6.07, 6.45) is 3.58. The molecule has 4 rings (SSSR count). The van der Waals surface area contributed by atoms with Crippen molar-refractivity contribution in [2.45, 2.75) is 11.3 Å². The molecule has 7 nitrogen and oxygen atoms in total. The largest absolute Gasteiger partial charge is 0.340 e. The normalized spacial score (nSPS) is 15.3. The minimum Gasteiger partial charge on any atom is -0.340 e. The second-order valence-corrected chi connectivity index (χ2v) is 9.60. The molecule has 1 fully saturated rings. The van der Waals surface area contributed by atoms with Crippen LogP contribution in [0.2, 0.25) is 0 Å². The van der Waals surface area contributed by atoms with Gasteiger partial charge in [-0.2, -0.15) is 4.31 Å². The average Bonchev–Trinajstić information content (AvgIpc) is 3.23. The van der Waals surface area contributed by atoms with Gasteiger partial charge in [-0.05, 0) is 30.3 Å². The van der Waals surface area contributed by atoms with E-state index in [2.05, 4.69) is 9.97 Å². The Morgan fingerprint density at radius 3 is 2.63 bits per heavy atom. The van der Waals surface area contributed by atoms with E-state index in [0.29, 0.717) is 5.69 Å². The molecule has 1 saturated heterocycles. The maximum absolute atomic E-state index is 13.4. The summed E-state index contributed by atoms with van der Waals surface area (Å²) in [7, 11) is -3.78. The highest BCUT2D eigenvalue weighted by atomic mass is 32.2. The number of rotatable bonds is 5. The van der Waals surface area contributed by atoms with Crippen LogP contribution in [0.3, 0.4) is 0 Å². The van der Waals surface area contributed by atoms with Gasteiger partial charge in [0.1, 0.15) is 10.8 Å². The third-order valence-electron chi connectivity index (χ3n) is 4.82. The Bertz CT molecular complexity index is 1140. The van der Waals surface area contributed by atoms with Crippen molar-refractivity contribution in [2.24, 2.45) is 0 Å². The lowest BCUT2D eigenvalue weighted by Crippen LogP contribution is -2.50. The quantitative estimate of drug-likeness (QED) is 0.601. The molecule has 1 aliphatic rings. The number of pyridine rings is 1. The summed E-state index contributed by atoms with van der Waals surface area (Å²) < 4.78 is 40.1. The lowest BCUT2D eigenvalue weighted by molar-refractivity contribution is -0.131. The monoisotopic (exact) mass is 446 g/mol. The highest BCUT2D eigenvalue weighted by Gasteiger charge is 2.30. The molecule has 2 aromatic heterocycles. The summed E-state index contributed by atoms with van der Waals surface area (Å²) in [4.78, 5) is 22.8. The molecule has 0 spiro atoms. The first-order valence-electron chi connectivity index (χ1n) is 9.32. The number of carbonyl (C=O) groups is 1. The zero-order chi connectivity index (χ0) is 21.1. The molecule has 3 heterocycles. The molecule has 1 amide bonds. The molecule has 0 N–H and O–H groups in total. The van der Waals surface area contributed by atoms with E-state index in [-0.39, 0.29) is 43.4 Å². The van der Waals surface area contributed by atoms with Crippen LogP contribution in [-0.4, -0.2) is 59.7 Å². The fraction of sp³-hybridized carbons (Fsp3) is 0.250. The van der Waals surface area contributed by atoms with Gasteiger partial charge in [-0.15, -0.1) is 11.3 Å². The summed E-state index contributed by atoms with van der Waals surface area (Å²) in [5.74, 6) is -0.695. The number of sulfonamides is 1. The first kappa shape index (κ1) is 20.6. The van der Waals surface area contributed by atoms with E-state index in [1.165, 1.54) is 33.8 Å². The van der Waals surface area contributed by atoms with Gasteiger partial charge in [-0.25, -0.2) is 17.8 Å². The molecule has 30 heavy (non-hydrogen) atoms. The van der Waals surface area contributed by atoms with E-state index >= 15 is 0 Å². The lowest BCUT2D eigenvalue weighted by Gasteiger charge is -2.34. The Labute approximate surface area is 177 Å². The number of benzene rings is 1. The highest BCUT2D eigenvalue weighted by molar-refractivity contribution is 7.89. The number of aromatic nitrogens is 2. The molecular formula is C20H19FN4O3S2. The van der Waals surface area contributed by atoms with Crippen molar-refractivity contribution in [1.29, 1.82) is 0 Å². The van der Waals surface area contributed by atoms with E-state index in [1.807, 2.05) is 17.5 Å². The first-order valence-corrected chi connectivity index (χ1v) is 11.6. The molecule has 0 unspecified atom stereocenters. The number of nitrogens with zero attached hydrogens (tertiary/aromatic N) is 4. The van der Waals surface area contributed by atoms with Crippen LogP contribution in [0.4, 0.5) is 4.39 Å². The van der Waals surface area contributed by atoms with Crippen molar-refractivity contribution in [3.05, 3.63) is 65.7 Å². The van der Waals surface area contributed by atoms with Gasteiger partial charge in [-0.1, -0.05) is 6.07 Å². The predicted molar refractivity (Wildman–Crippen MR) is 111 cm³/mol. The number of amides is 1. The summed E-state index contributed by atoms with van der Waals surface area (Å²) in [5, 5.41) is 2.65. The maximum Gasteiger partial charge on any atom is 0.243 e. The summed E-state index contributed by atoms with van der Waals surface area (Å²) in [6.45, 7) is 0.908. The van der Waals surface area contributed by atoms with Crippen molar-refractivity contribution in [1.82, 2.24) is 19.2 Å². The Morgan fingerprint density at radius 1 is 1.13 bits per heavy atom. The molecule has 1 aliphatic heterocycles. The molecule has 0 aliphatic carbocycles. The van der Waals surface area contributed by atoms with Gasteiger partial charge in [0.05, 0.1) is 17.0 Å². The van der Waals surface area contributed by atoms with E-state index in [9.17, 15) is 17.6 Å². The van der Waals surface area contributed by atoms with Crippen LogP contribution in [0, 0.1) is 5.82 Å². The molecule has 0 atom stereocenters. The fourth-order valence-corrected chi connectivity index (χ4v) is 5.50. The van der Waals surface area contributed by atoms with Gasteiger partial charge >= 0.3 is 0 Å². The van der Waals surface area contributed by atoms with Crippen LogP contribution in [0.5, 0.6) is 0 Å². The topological polar surface area (TPSA) is 83.5 Å². The van der Waals surface area contributed by atoms with Crippen LogP contribution in [0.1, 0.15) is 5.69 Å². The average molecular weight is 447 g/mol. The summed E-state index contributed by atoms with van der Waals surface area (Å²) in [5.41, 5.74) is 1.58. The van der Waals surface area contributed by atoms with Crippen molar-refractivity contribution < 1.29 is 17.6 Å².